The van der Waals surface area contributed by atoms with Crippen molar-refractivity contribution in [3.05, 3.63) is 119 Å². The van der Waals surface area contributed by atoms with Crippen LogP contribution in [0, 0.1) is 0 Å². The maximum Gasteiger partial charge on any atom is 0.432 e. The van der Waals surface area contributed by atoms with Crippen molar-refractivity contribution in [2.75, 3.05) is 0 Å². The van der Waals surface area contributed by atoms with Crippen molar-refractivity contribution in [1.82, 2.24) is 0 Å². The van der Waals surface area contributed by atoms with Crippen molar-refractivity contribution in [3.8, 4) is 44.9 Å². The molecule has 7 rings (SSSR count). The van der Waals surface area contributed by atoms with E-state index in [1.165, 1.54) is 60.7 Å². The molecule has 53 heavy (non-hydrogen) atoms. The first kappa shape index (κ1) is 36.6. The molecule has 0 bridgehead atoms. The standard InChI is InChI=1S/C36H17F12O3PS/c37-33(38,39)21-9-19(10-22(15-21)34(40,41)42)27-13-17-5-1-3-7-25(17)29-30-26-8-4-2-6-18(26)14-28(32(30)51-52(49,53)50-31(27)29)20-11-23(35(43,44)45)16-24(12-20)36(46,47)48/h1-16H,(H,49,53). The van der Waals surface area contributed by atoms with E-state index in [1.54, 1.807) is 0 Å². The number of hydrogen-bond acceptors (Lipinski definition) is 3. The number of halogens is 12. The fourth-order valence-electron chi connectivity index (χ4n) is 6.24. The molecule has 0 spiro atoms. The highest BCUT2D eigenvalue weighted by Gasteiger charge is 2.41. The van der Waals surface area contributed by atoms with E-state index in [0.717, 1.165) is 0 Å². The molecule has 0 aliphatic carbocycles. The molecule has 6 aromatic carbocycles. The van der Waals surface area contributed by atoms with Crippen LogP contribution < -0.4 is 9.05 Å². The molecular weight excluding hydrogens is 771 g/mol. The van der Waals surface area contributed by atoms with Gasteiger partial charge in [-0.3, -0.25) is 0 Å². The van der Waals surface area contributed by atoms with Crippen molar-refractivity contribution in [1.29, 1.82) is 0 Å². The Balaban J connectivity index is 1.67. The first-order chi connectivity index (χ1) is 24.5. The van der Waals surface area contributed by atoms with Gasteiger partial charge in [0.1, 0.15) is 11.5 Å². The zero-order valence-corrected chi connectivity index (χ0v) is 27.6. The first-order valence-electron chi connectivity index (χ1n) is 14.9. The molecule has 6 aromatic rings. The quantitative estimate of drug-likeness (QED) is 0.140. The van der Waals surface area contributed by atoms with Gasteiger partial charge in [0, 0.05) is 34.1 Å². The molecular formula is C36H17F12O3PS. The van der Waals surface area contributed by atoms with Crippen molar-refractivity contribution in [3.63, 3.8) is 0 Å². The van der Waals surface area contributed by atoms with Gasteiger partial charge in [0.25, 0.3) is 0 Å². The Bertz CT molecular complexity index is 2290. The van der Waals surface area contributed by atoms with Gasteiger partial charge in [-0.15, -0.1) is 0 Å². The lowest BCUT2D eigenvalue weighted by Gasteiger charge is -2.20. The van der Waals surface area contributed by atoms with Gasteiger partial charge in [0.15, 0.2) is 0 Å². The van der Waals surface area contributed by atoms with Crippen LogP contribution in [0.5, 0.6) is 11.5 Å². The van der Waals surface area contributed by atoms with Crippen molar-refractivity contribution in [2.45, 2.75) is 24.7 Å². The molecule has 0 fully saturated rings. The van der Waals surface area contributed by atoms with Crippen LogP contribution >= 0.6 is 6.72 Å². The molecule has 0 amide bonds. The topological polar surface area (TPSA) is 38.7 Å². The predicted molar refractivity (Wildman–Crippen MR) is 176 cm³/mol. The van der Waals surface area contributed by atoms with E-state index in [4.69, 9.17) is 20.9 Å². The van der Waals surface area contributed by atoms with Crippen LogP contribution in [0.3, 0.4) is 0 Å². The second-order valence-electron chi connectivity index (χ2n) is 11.9. The van der Waals surface area contributed by atoms with Gasteiger partial charge >= 0.3 is 31.4 Å². The van der Waals surface area contributed by atoms with E-state index in [2.05, 4.69) is 0 Å². The minimum absolute atomic E-state index is 0.0804. The fourth-order valence-corrected chi connectivity index (χ4v) is 7.57. The Morgan fingerprint density at radius 2 is 0.755 bits per heavy atom. The van der Waals surface area contributed by atoms with Crippen molar-refractivity contribution >= 4 is 40.1 Å². The molecule has 1 aliphatic rings. The van der Waals surface area contributed by atoms with E-state index < -0.39 is 87.4 Å². The van der Waals surface area contributed by atoms with Gasteiger partial charge in [-0.2, -0.15) is 52.7 Å². The minimum Gasteiger partial charge on any atom is -0.414 e. The van der Waals surface area contributed by atoms with Crippen molar-refractivity contribution in [2.24, 2.45) is 0 Å². The Kier molecular flexibility index (Phi) is 8.36. The zero-order chi connectivity index (χ0) is 38.5. The number of rotatable bonds is 2. The van der Waals surface area contributed by atoms with Gasteiger partial charge in [-0.1, -0.05) is 48.5 Å². The molecule has 1 N–H and O–H groups in total. The largest absolute Gasteiger partial charge is 0.432 e. The monoisotopic (exact) mass is 788 g/mol. The van der Waals surface area contributed by atoms with Crippen LogP contribution in [0.15, 0.2) is 97.1 Å². The summed E-state index contributed by atoms with van der Waals surface area (Å²) in [6, 6.07) is 15.9. The maximum atomic E-state index is 14.0. The summed E-state index contributed by atoms with van der Waals surface area (Å²) in [5.74, 6) is -1.08. The van der Waals surface area contributed by atoms with Crippen LogP contribution in [0.2, 0.25) is 0 Å². The highest BCUT2D eigenvalue weighted by molar-refractivity contribution is 8.07. The van der Waals surface area contributed by atoms with Crippen LogP contribution in [-0.4, -0.2) is 4.89 Å². The lowest BCUT2D eigenvalue weighted by Crippen LogP contribution is -2.11. The van der Waals surface area contributed by atoms with Crippen LogP contribution in [0.25, 0.3) is 54.9 Å². The normalized spacial score (nSPS) is 14.7. The Morgan fingerprint density at radius 3 is 1.06 bits per heavy atom. The van der Waals surface area contributed by atoms with Gasteiger partial charge in [-0.25, -0.2) is 0 Å². The molecule has 0 radical (unpaired) electrons. The summed E-state index contributed by atoms with van der Waals surface area (Å²) in [4.78, 5) is 11.4. The Morgan fingerprint density at radius 1 is 0.453 bits per heavy atom. The molecule has 0 unspecified atom stereocenters. The third-order valence-corrected chi connectivity index (χ3v) is 9.74. The van der Waals surface area contributed by atoms with Crippen molar-refractivity contribution < 1.29 is 66.6 Å². The summed E-state index contributed by atoms with van der Waals surface area (Å²) in [6.07, 6.45) is -21.0. The van der Waals surface area contributed by atoms with Crippen LogP contribution in [0.1, 0.15) is 22.3 Å². The van der Waals surface area contributed by atoms with E-state index in [1.807, 2.05) is 0 Å². The molecule has 1 heterocycles. The zero-order valence-electron chi connectivity index (χ0n) is 25.9. The smallest absolute Gasteiger partial charge is 0.414 e. The van der Waals surface area contributed by atoms with E-state index >= 15 is 0 Å². The molecule has 3 nitrogen and oxygen atoms in total. The molecule has 0 saturated carbocycles. The summed E-state index contributed by atoms with van der Waals surface area (Å²) in [6.45, 7) is -4.78. The lowest BCUT2D eigenvalue weighted by atomic mass is 9.85. The summed E-state index contributed by atoms with van der Waals surface area (Å²) < 4.78 is 180. The molecule has 17 heteroatoms. The van der Waals surface area contributed by atoms with Gasteiger partial charge in [0.2, 0.25) is 0 Å². The lowest BCUT2D eigenvalue weighted by molar-refractivity contribution is -0.144. The van der Waals surface area contributed by atoms with E-state index in [0.29, 0.717) is 24.3 Å². The third-order valence-electron chi connectivity index (χ3n) is 8.46. The summed E-state index contributed by atoms with van der Waals surface area (Å²) in [5.41, 5.74) is -9.09. The predicted octanol–water partition coefficient (Wildman–Crippen LogP) is 13.1. The maximum absolute atomic E-state index is 14.0. The Hall–Kier alpha value is -4.79. The highest BCUT2D eigenvalue weighted by atomic mass is 32.5. The minimum atomic E-state index is -5.25. The number of hydrogen-bond donors (Lipinski definition) is 1. The second-order valence-corrected chi connectivity index (χ2v) is 14.6. The third kappa shape index (κ3) is 6.79. The summed E-state index contributed by atoms with van der Waals surface area (Å²) in [7, 11) is 0. The van der Waals surface area contributed by atoms with Crippen LogP contribution in [-0.2, 0) is 36.5 Å². The van der Waals surface area contributed by atoms with E-state index in [-0.39, 0.29) is 44.8 Å². The first-order valence-corrected chi connectivity index (χ1v) is 17.5. The fraction of sp³-hybridized carbons (Fsp3) is 0.111. The molecule has 1 aliphatic heterocycles. The Labute approximate surface area is 295 Å². The number of alkyl halides is 12. The van der Waals surface area contributed by atoms with Gasteiger partial charge in [-0.05, 0) is 81.2 Å². The van der Waals surface area contributed by atoms with Gasteiger partial charge < -0.3 is 13.9 Å². The molecule has 0 aromatic heterocycles. The van der Waals surface area contributed by atoms with Gasteiger partial charge in [0.05, 0.1) is 22.3 Å². The molecule has 0 saturated heterocycles. The highest BCUT2D eigenvalue weighted by Crippen LogP contribution is 2.62. The average Bonchev–Trinajstić information content (AvgIpc) is 3.18. The summed E-state index contributed by atoms with van der Waals surface area (Å²) >= 11 is 5.24. The summed E-state index contributed by atoms with van der Waals surface area (Å²) in [5, 5.41) is 0.835. The average molecular weight is 789 g/mol. The van der Waals surface area contributed by atoms with Crippen LogP contribution in [0.4, 0.5) is 52.7 Å². The SMILES string of the molecule is OP1(=S)Oc2c(-c3cc(C(F)(F)F)cc(C(F)(F)F)c3)cc3ccccc3c2-c2c(c(-c3cc(C(F)(F)F)cc(C(F)(F)F)c3)cc3ccccc23)O1. The number of fused-ring (bicyclic) bond motifs is 7. The molecule has 274 valence electrons. The molecule has 0 atom stereocenters. The second kappa shape index (κ2) is 12.1. The van der Waals surface area contributed by atoms with E-state index in [9.17, 15) is 57.6 Å². The number of benzene rings is 6.